The van der Waals surface area contributed by atoms with Crippen molar-refractivity contribution in [3.8, 4) is 0 Å². The van der Waals surface area contributed by atoms with E-state index in [0.717, 1.165) is 0 Å². The SMILES string of the molecule is NC[C@@H]1C(c2ncco2)=C[C@@H]2CN1C(=O)N2OS(=O)(=O)ON1C(=O)N2C[C@H]1C=C(c1ncco1)[C@H]2CN. The number of rotatable bonds is 8. The number of aromatic nitrogens is 2. The maximum absolute atomic E-state index is 13.0. The Hall–Kier alpha value is -3.77. The largest absolute Gasteiger partial charge is 0.445 e. The van der Waals surface area contributed by atoms with Gasteiger partial charge >= 0.3 is 22.5 Å². The molecule has 16 nitrogen and oxygen atoms in total. The van der Waals surface area contributed by atoms with Crippen LogP contribution < -0.4 is 11.5 Å². The lowest BCUT2D eigenvalue weighted by atomic mass is 9.99. The second kappa shape index (κ2) is 8.67. The van der Waals surface area contributed by atoms with Gasteiger partial charge in [-0.2, -0.15) is 18.5 Å². The molecule has 4 aliphatic rings. The van der Waals surface area contributed by atoms with Crippen molar-refractivity contribution in [2.45, 2.75) is 24.2 Å². The highest BCUT2D eigenvalue weighted by Gasteiger charge is 2.51. The molecule has 2 aromatic rings. The Bertz CT molecular complexity index is 1280. The predicted octanol–water partition coefficient (Wildman–Crippen LogP) is -0.868. The maximum Gasteiger partial charge on any atom is 0.442 e. The van der Waals surface area contributed by atoms with E-state index in [1.54, 1.807) is 12.2 Å². The smallest absolute Gasteiger partial charge is 0.442 e. The molecule has 4 amide bonds. The molecule has 2 saturated heterocycles. The summed E-state index contributed by atoms with van der Waals surface area (Å²) in [7, 11) is -4.92. The van der Waals surface area contributed by atoms with Gasteiger partial charge in [0.2, 0.25) is 11.8 Å². The molecule has 4 atom stereocenters. The molecule has 4 N–H and O–H groups in total. The van der Waals surface area contributed by atoms with Crippen LogP contribution in [0.5, 0.6) is 0 Å². The van der Waals surface area contributed by atoms with Crippen molar-refractivity contribution < 1.29 is 35.4 Å². The Balaban J connectivity index is 1.23. The second-order valence-electron chi connectivity index (χ2n) is 8.64. The zero-order chi connectivity index (χ0) is 25.9. The molecule has 4 aliphatic heterocycles. The molecule has 37 heavy (non-hydrogen) atoms. The van der Waals surface area contributed by atoms with Crippen LogP contribution in [0.25, 0.3) is 11.1 Å². The fourth-order valence-corrected chi connectivity index (χ4v) is 5.80. The zero-order valence-corrected chi connectivity index (χ0v) is 19.9. The summed E-state index contributed by atoms with van der Waals surface area (Å²) in [6.07, 6.45) is 8.86. The summed E-state index contributed by atoms with van der Waals surface area (Å²) >= 11 is 0. The highest BCUT2D eigenvalue weighted by atomic mass is 32.3. The van der Waals surface area contributed by atoms with Gasteiger partial charge in [-0.25, -0.2) is 19.6 Å². The molecule has 0 saturated carbocycles. The molecule has 196 valence electrons. The lowest BCUT2D eigenvalue weighted by Gasteiger charge is -2.29. The summed E-state index contributed by atoms with van der Waals surface area (Å²) in [5.74, 6) is 0.511. The third kappa shape index (κ3) is 3.78. The molecule has 6 rings (SSSR count). The number of fused-ring (bicyclic) bond motifs is 4. The lowest BCUT2D eigenvalue weighted by molar-refractivity contribution is -0.0725. The van der Waals surface area contributed by atoms with Gasteiger partial charge in [-0.1, -0.05) is 0 Å². The van der Waals surface area contributed by atoms with E-state index in [-0.39, 0.29) is 38.0 Å². The normalized spacial score (nSPS) is 27.3. The van der Waals surface area contributed by atoms with Gasteiger partial charge in [-0.15, -0.1) is 8.57 Å². The molecule has 6 heterocycles. The number of hydrogen-bond donors (Lipinski definition) is 2. The number of urea groups is 2. The van der Waals surface area contributed by atoms with Crippen molar-refractivity contribution in [1.82, 2.24) is 29.9 Å². The summed E-state index contributed by atoms with van der Waals surface area (Å²) in [5.41, 5.74) is 12.8. The molecule has 2 aromatic heterocycles. The minimum Gasteiger partial charge on any atom is -0.445 e. The highest BCUT2D eigenvalue weighted by Crippen LogP contribution is 2.36. The van der Waals surface area contributed by atoms with Gasteiger partial charge in [0, 0.05) is 37.3 Å². The number of carbonyl (C=O) groups excluding carboxylic acids is 2. The van der Waals surface area contributed by atoms with Crippen molar-refractivity contribution in [3.63, 3.8) is 0 Å². The van der Waals surface area contributed by atoms with Crippen LogP contribution in [0.4, 0.5) is 9.59 Å². The van der Waals surface area contributed by atoms with Crippen molar-refractivity contribution in [3.05, 3.63) is 48.9 Å². The minimum atomic E-state index is -4.92. The Morgan fingerprint density at radius 3 is 1.62 bits per heavy atom. The number of nitrogens with zero attached hydrogens (tertiary/aromatic N) is 6. The third-order valence-corrected chi connectivity index (χ3v) is 7.29. The molecule has 0 aromatic carbocycles. The number of hydroxylamine groups is 4. The van der Waals surface area contributed by atoms with E-state index < -0.39 is 46.6 Å². The van der Waals surface area contributed by atoms with E-state index in [2.05, 4.69) is 9.97 Å². The second-order valence-corrected chi connectivity index (χ2v) is 9.75. The number of amides is 4. The summed E-state index contributed by atoms with van der Waals surface area (Å²) in [6, 6.07) is -4.28. The first-order valence-corrected chi connectivity index (χ1v) is 12.6. The van der Waals surface area contributed by atoms with Gasteiger partial charge in [0.15, 0.2) is 0 Å². The van der Waals surface area contributed by atoms with Gasteiger partial charge in [0.05, 0.1) is 36.6 Å². The van der Waals surface area contributed by atoms with E-state index in [1.807, 2.05) is 0 Å². The standard InChI is InChI=1S/C20H22N8O8S/c21-7-15-13(17-23-1-3-33-17)5-11-9-25(15)19(29)27(11)35-37(31,32)36-28-12-6-14(18-24-2-4-34-18)16(8-22)26(10-12)20(28)30/h1-6,11-12,15-16H,7-10,21-22H2/t11-,12-,15-,16-/m1/s1. The monoisotopic (exact) mass is 534 g/mol. The van der Waals surface area contributed by atoms with E-state index >= 15 is 0 Å². The summed E-state index contributed by atoms with van der Waals surface area (Å²) in [4.78, 5) is 37.0. The van der Waals surface area contributed by atoms with Crippen LogP contribution in [0.2, 0.25) is 0 Å². The fraction of sp³-hybridized carbons (Fsp3) is 0.400. The average molecular weight is 535 g/mol. The third-order valence-electron chi connectivity index (χ3n) is 6.60. The summed E-state index contributed by atoms with van der Waals surface area (Å²) < 4.78 is 46.6. The number of carbonyl (C=O) groups is 2. The first kappa shape index (κ1) is 23.6. The number of hydrogen-bond acceptors (Lipinski definition) is 12. The Kier molecular flexibility index (Phi) is 5.53. The Morgan fingerprint density at radius 2 is 1.27 bits per heavy atom. The van der Waals surface area contributed by atoms with E-state index in [4.69, 9.17) is 28.9 Å². The van der Waals surface area contributed by atoms with E-state index in [1.165, 1.54) is 34.7 Å². The first-order chi connectivity index (χ1) is 17.8. The molecular formula is C20H22N8O8S. The quantitative estimate of drug-likeness (QED) is 0.424. The van der Waals surface area contributed by atoms with Crippen molar-refractivity contribution in [2.75, 3.05) is 26.2 Å². The summed E-state index contributed by atoms with van der Waals surface area (Å²) in [6.45, 7) is 0.343. The van der Waals surface area contributed by atoms with Crippen molar-refractivity contribution in [2.24, 2.45) is 11.5 Å². The topological polar surface area (TPSA) is 204 Å². The van der Waals surface area contributed by atoms with Gasteiger partial charge in [-0.05, 0) is 12.2 Å². The molecule has 0 radical (unpaired) electrons. The molecule has 0 unspecified atom stereocenters. The molecule has 4 bridgehead atoms. The number of oxazole rings is 2. The van der Waals surface area contributed by atoms with Crippen LogP contribution in [0.3, 0.4) is 0 Å². The fourth-order valence-electron chi connectivity index (χ4n) is 5.03. The molecule has 17 heteroatoms. The maximum atomic E-state index is 13.0. The zero-order valence-electron chi connectivity index (χ0n) is 19.1. The van der Waals surface area contributed by atoms with Crippen LogP contribution in [-0.4, -0.2) is 101 Å². The van der Waals surface area contributed by atoms with Gasteiger partial charge < -0.3 is 30.1 Å². The highest BCUT2D eigenvalue weighted by molar-refractivity contribution is 7.81. The molecule has 0 aliphatic carbocycles. The number of nitrogens with two attached hydrogens (primary N) is 2. The van der Waals surface area contributed by atoms with Crippen molar-refractivity contribution in [1.29, 1.82) is 0 Å². The van der Waals surface area contributed by atoms with E-state index in [9.17, 15) is 18.0 Å². The lowest BCUT2D eigenvalue weighted by Crippen LogP contribution is -2.45. The van der Waals surface area contributed by atoms with Gasteiger partial charge in [-0.3, -0.25) is 0 Å². The van der Waals surface area contributed by atoms with Crippen LogP contribution in [0.15, 0.2) is 45.9 Å². The van der Waals surface area contributed by atoms with Gasteiger partial charge in [0.25, 0.3) is 0 Å². The minimum absolute atomic E-state index is 0.0467. The van der Waals surface area contributed by atoms with Crippen LogP contribution in [-0.2, 0) is 19.0 Å². The Morgan fingerprint density at radius 1 is 0.838 bits per heavy atom. The average Bonchev–Trinajstić information content (AvgIpc) is 3.68. The first-order valence-electron chi connectivity index (χ1n) is 11.3. The predicted molar refractivity (Wildman–Crippen MR) is 121 cm³/mol. The molecule has 2 fully saturated rings. The van der Waals surface area contributed by atoms with Crippen LogP contribution in [0.1, 0.15) is 11.8 Å². The Labute approximate surface area is 209 Å². The van der Waals surface area contributed by atoms with E-state index in [0.29, 0.717) is 21.3 Å². The van der Waals surface area contributed by atoms with Crippen LogP contribution in [0, 0.1) is 0 Å². The van der Waals surface area contributed by atoms with Crippen LogP contribution >= 0.6 is 0 Å². The summed E-state index contributed by atoms with van der Waals surface area (Å²) in [5, 5.41) is 1.33. The molecule has 0 spiro atoms. The van der Waals surface area contributed by atoms with Gasteiger partial charge in [0.1, 0.15) is 12.5 Å². The van der Waals surface area contributed by atoms with Crippen molar-refractivity contribution >= 4 is 33.6 Å². The molecular weight excluding hydrogens is 512 g/mol.